The maximum Gasteiger partial charge on any atom is 0.331 e. The minimum atomic E-state index is -0.491. The topological polar surface area (TPSA) is 65.3 Å². The van der Waals surface area contributed by atoms with E-state index in [4.69, 9.17) is 16.3 Å². The van der Waals surface area contributed by atoms with Gasteiger partial charge in [-0.3, -0.25) is 10.1 Å². The number of halogens is 1. The van der Waals surface area contributed by atoms with E-state index in [1.54, 1.807) is 0 Å². The predicted molar refractivity (Wildman–Crippen MR) is 68.0 cm³/mol. The molecular formula is C12H15ClN2O3. The molecule has 0 spiro atoms. The second-order valence-corrected chi connectivity index (χ2v) is 4.83. The molecule has 1 saturated carbocycles. The van der Waals surface area contributed by atoms with Crippen molar-refractivity contribution < 1.29 is 9.66 Å². The van der Waals surface area contributed by atoms with Crippen molar-refractivity contribution in [2.75, 3.05) is 0 Å². The summed E-state index contributed by atoms with van der Waals surface area (Å²) < 4.78 is 5.67. The third-order valence-electron chi connectivity index (χ3n) is 3.08. The van der Waals surface area contributed by atoms with Crippen molar-refractivity contribution in [2.45, 2.75) is 44.6 Å². The highest BCUT2D eigenvalue weighted by atomic mass is 35.5. The summed E-state index contributed by atoms with van der Waals surface area (Å²) in [7, 11) is 0. The Labute approximate surface area is 110 Å². The van der Waals surface area contributed by atoms with E-state index in [0.717, 1.165) is 25.7 Å². The Hall–Kier alpha value is -1.36. The Morgan fingerprint density at radius 3 is 2.56 bits per heavy atom. The molecule has 0 bridgehead atoms. The summed E-state index contributed by atoms with van der Waals surface area (Å²) in [5.74, 6) is 0.0411. The molecule has 0 amide bonds. The number of hydrogen-bond acceptors (Lipinski definition) is 4. The molecule has 18 heavy (non-hydrogen) atoms. The van der Waals surface area contributed by atoms with Crippen molar-refractivity contribution in [3.8, 4) is 5.88 Å². The molecule has 0 unspecified atom stereocenters. The quantitative estimate of drug-likeness (QED) is 0.363. The first kappa shape index (κ1) is 13.1. The monoisotopic (exact) mass is 270 g/mol. The van der Waals surface area contributed by atoms with Gasteiger partial charge >= 0.3 is 5.69 Å². The van der Waals surface area contributed by atoms with E-state index < -0.39 is 4.92 Å². The van der Waals surface area contributed by atoms with Gasteiger partial charge in [0.15, 0.2) is 0 Å². The van der Waals surface area contributed by atoms with E-state index in [1.165, 1.54) is 25.0 Å². The molecule has 0 N–H and O–H groups in total. The van der Waals surface area contributed by atoms with E-state index in [-0.39, 0.29) is 22.8 Å². The van der Waals surface area contributed by atoms with Gasteiger partial charge < -0.3 is 4.74 Å². The van der Waals surface area contributed by atoms with Crippen molar-refractivity contribution in [3.63, 3.8) is 0 Å². The number of hydrogen-bond donors (Lipinski definition) is 0. The first-order chi connectivity index (χ1) is 8.66. The van der Waals surface area contributed by atoms with Crippen LogP contribution in [-0.2, 0) is 0 Å². The summed E-state index contributed by atoms with van der Waals surface area (Å²) in [6.07, 6.45) is 6.45. The van der Waals surface area contributed by atoms with Crippen LogP contribution in [0.5, 0.6) is 5.88 Å². The van der Waals surface area contributed by atoms with Crippen molar-refractivity contribution in [1.29, 1.82) is 0 Å². The first-order valence-electron chi connectivity index (χ1n) is 6.14. The van der Waals surface area contributed by atoms with E-state index >= 15 is 0 Å². The lowest BCUT2D eigenvalue weighted by molar-refractivity contribution is -0.386. The molecule has 0 aromatic carbocycles. The average Bonchev–Trinajstić information content (AvgIpc) is 2.57. The second-order valence-electron chi connectivity index (χ2n) is 4.45. The molecule has 1 fully saturated rings. The normalized spacial score (nSPS) is 17.2. The third kappa shape index (κ3) is 3.32. The van der Waals surface area contributed by atoms with E-state index in [9.17, 15) is 10.1 Å². The Balaban J connectivity index is 2.15. The molecule has 1 heterocycles. The van der Waals surface area contributed by atoms with Gasteiger partial charge in [-0.2, -0.15) is 4.98 Å². The van der Waals surface area contributed by atoms with Crippen LogP contribution in [0.1, 0.15) is 38.5 Å². The SMILES string of the molecule is O=[N+]([O-])c1ccc(Cl)nc1OC1CCCCCC1. The van der Waals surface area contributed by atoms with Gasteiger partial charge in [-0.15, -0.1) is 0 Å². The summed E-state index contributed by atoms with van der Waals surface area (Å²) in [5.41, 5.74) is -0.122. The van der Waals surface area contributed by atoms with Crippen LogP contribution in [0, 0.1) is 10.1 Å². The molecule has 0 atom stereocenters. The van der Waals surface area contributed by atoms with Crippen LogP contribution in [0.25, 0.3) is 0 Å². The zero-order valence-corrected chi connectivity index (χ0v) is 10.7. The summed E-state index contributed by atoms with van der Waals surface area (Å²) in [4.78, 5) is 14.3. The van der Waals surface area contributed by atoms with Gasteiger partial charge in [0.25, 0.3) is 5.88 Å². The maximum absolute atomic E-state index is 10.9. The predicted octanol–water partition coefficient (Wildman–Crippen LogP) is 3.74. The van der Waals surface area contributed by atoms with E-state index in [0.29, 0.717) is 0 Å². The van der Waals surface area contributed by atoms with Crippen molar-refractivity contribution in [1.82, 2.24) is 4.98 Å². The number of ether oxygens (including phenoxy) is 1. The molecule has 0 saturated heterocycles. The molecule has 5 nitrogen and oxygen atoms in total. The van der Waals surface area contributed by atoms with Crippen molar-refractivity contribution >= 4 is 17.3 Å². The molecule has 0 aliphatic heterocycles. The Bertz CT molecular complexity index is 431. The van der Waals surface area contributed by atoms with Gasteiger partial charge in [-0.1, -0.05) is 24.4 Å². The zero-order valence-electron chi connectivity index (χ0n) is 9.97. The van der Waals surface area contributed by atoms with Gasteiger partial charge in [0.1, 0.15) is 11.3 Å². The molecule has 6 heteroatoms. The van der Waals surface area contributed by atoms with Gasteiger partial charge in [0, 0.05) is 6.07 Å². The van der Waals surface area contributed by atoms with Crippen LogP contribution in [0.15, 0.2) is 12.1 Å². The van der Waals surface area contributed by atoms with Gasteiger partial charge in [0.2, 0.25) is 0 Å². The number of pyridine rings is 1. The van der Waals surface area contributed by atoms with Crippen LogP contribution in [0.2, 0.25) is 5.15 Å². The maximum atomic E-state index is 10.9. The molecule has 1 aromatic heterocycles. The second kappa shape index (κ2) is 6.00. The van der Waals surface area contributed by atoms with Gasteiger partial charge in [-0.05, 0) is 31.7 Å². The van der Waals surface area contributed by atoms with E-state index in [1.807, 2.05) is 0 Å². The minimum Gasteiger partial charge on any atom is -0.469 e. The van der Waals surface area contributed by atoms with Crippen molar-refractivity contribution in [3.05, 3.63) is 27.4 Å². The number of rotatable bonds is 3. The highest BCUT2D eigenvalue weighted by Crippen LogP contribution is 2.29. The highest BCUT2D eigenvalue weighted by molar-refractivity contribution is 6.29. The molecule has 1 aliphatic carbocycles. The summed E-state index contributed by atoms with van der Waals surface area (Å²) >= 11 is 5.76. The Morgan fingerprint density at radius 2 is 1.94 bits per heavy atom. The summed E-state index contributed by atoms with van der Waals surface area (Å²) in [6, 6.07) is 2.74. The van der Waals surface area contributed by atoms with Crippen LogP contribution in [0.4, 0.5) is 5.69 Å². The molecule has 1 aromatic rings. The minimum absolute atomic E-state index is 0.0113. The fraction of sp³-hybridized carbons (Fsp3) is 0.583. The van der Waals surface area contributed by atoms with E-state index in [2.05, 4.69) is 4.98 Å². The number of nitro groups is 1. The van der Waals surface area contributed by atoms with Crippen LogP contribution in [0.3, 0.4) is 0 Å². The molecular weight excluding hydrogens is 256 g/mol. The highest BCUT2D eigenvalue weighted by Gasteiger charge is 2.22. The standard InChI is InChI=1S/C12H15ClN2O3/c13-11-8-7-10(15(16)17)12(14-11)18-9-5-3-1-2-4-6-9/h7-9H,1-6H2. The van der Waals surface area contributed by atoms with Crippen LogP contribution in [-0.4, -0.2) is 16.0 Å². The number of aromatic nitrogens is 1. The lowest BCUT2D eigenvalue weighted by Crippen LogP contribution is -2.16. The fourth-order valence-electron chi connectivity index (χ4n) is 2.15. The lowest BCUT2D eigenvalue weighted by Gasteiger charge is -2.15. The largest absolute Gasteiger partial charge is 0.469 e. The average molecular weight is 271 g/mol. The van der Waals surface area contributed by atoms with Crippen molar-refractivity contribution in [2.24, 2.45) is 0 Å². The first-order valence-corrected chi connectivity index (χ1v) is 6.52. The van der Waals surface area contributed by atoms with Gasteiger partial charge in [-0.25, -0.2) is 0 Å². The lowest BCUT2D eigenvalue weighted by atomic mass is 10.1. The molecule has 1 aliphatic rings. The fourth-order valence-corrected chi connectivity index (χ4v) is 2.29. The Kier molecular flexibility index (Phi) is 4.36. The Morgan fingerprint density at radius 1 is 1.28 bits per heavy atom. The van der Waals surface area contributed by atoms with Crippen LogP contribution >= 0.6 is 11.6 Å². The smallest absolute Gasteiger partial charge is 0.331 e. The molecule has 98 valence electrons. The third-order valence-corrected chi connectivity index (χ3v) is 3.29. The molecule has 2 rings (SSSR count). The van der Waals surface area contributed by atoms with Crippen LogP contribution < -0.4 is 4.74 Å². The number of nitrogens with zero attached hydrogens (tertiary/aromatic N) is 2. The summed E-state index contributed by atoms with van der Waals surface area (Å²) in [6.45, 7) is 0. The van der Waals surface area contributed by atoms with Gasteiger partial charge in [0.05, 0.1) is 4.92 Å². The molecule has 0 radical (unpaired) electrons. The zero-order chi connectivity index (χ0) is 13.0. The summed E-state index contributed by atoms with van der Waals surface area (Å²) in [5, 5.41) is 11.1.